The van der Waals surface area contributed by atoms with E-state index < -0.39 is 0 Å². The third-order valence-corrected chi connectivity index (χ3v) is 6.02. The van der Waals surface area contributed by atoms with Crippen molar-refractivity contribution in [1.29, 1.82) is 0 Å². The van der Waals surface area contributed by atoms with Gasteiger partial charge in [0, 0.05) is 38.1 Å². The molecule has 0 bridgehead atoms. The lowest BCUT2D eigenvalue weighted by Gasteiger charge is -2.24. The van der Waals surface area contributed by atoms with Gasteiger partial charge in [0.05, 0.1) is 19.1 Å². The molecule has 1 aliphatic rings. The number of aromatic nitrogens is 2. The number of carbonyl (C=O) groups excluding carboxylic acids is 1. The molecule has 0 aliphatic carbocycles. The quantitative estimate of drug-likeness (QED) is 0.551. The third-order valence-electron chi connectivity index (χ3n) is 6.02. The fraction of sp³-hybridized carbons (Fsp3) is 0.346. The summed E-state index contributed by atoms with van der Waals surface area (Å²) in [6, 6.07) is 18.3. The van der Waals surface area contributed by atoms with Crippen LogP contribution in [0.1, 0.15) is 24.0 Å². The highest BCUT2D eigenvalue weighted by Crippen LogP contribution is 2.25. The van der Waals surface area contributed by atoms with Crippen LogP contribution in [0.3, 0.4) is 0 Å². The summed E-state index contributed by atoms with van der Waals surface area (Å²) >= 11 is 0. The van der Waals surface area contributed by atoms with Gasteiger partial charge in [-0.1, -0.05) is 24.3 Å². The molecule has 172 valence electrons. The minimum absolute atomic E-state index is 0.162. The van der Waals surface area contributed by atoms with Crippen molar-refractivity contribution in [2.45, 2.75) is 32.2 Å². The summed E-state index contributed by atoms with van der Waals surface area (Å²) in [6.07, 6.45) is 4.02. The molecule has 7 nitrogen and oxygen atoms in total. The highest BCUT2D eigenvalue weighted by molar-refractivity contribution is 5.79. The van der Waals surface area contributed by atoms with Crippen LogP contribution in [0.2, 0.25) is 0 Å². The lowest BCUT2D eigenvalue weighted by molar-refractivity contribution is -0.132. The van der Waals surface area contributed by atoms with Gasteiger partial charge in [0.15, 0.2) is 0 Å². The number of ether oxygens (including phenoxy) is 1. The number of hydrogen-bond donors (Lipinski definition) is 1. The van der Waals surface area contributed by atoms with Crippen molar-refractivity contribution in [1.82, 2.24) is 14.9 Å². The number of likely N-dealkylation sites (tertiary alicyclic amines) is 1. The highest BCUT2D eigenvalue weighted by atomic mass is 16.5. The van der Waals surface area contributed by atoms with Gasteiger partial charge >= 0.3 is 0 Å². The molecule has 1 atom stereocenters. The fourth-order valence-corrected chi connectivity index (χ4v) is 4.23. The minimum atomic E-state index is 0.162. The van der Waals surface area contributed by atoms with Gasteiger partial charge in [0.1, 0.15) is 18.0 Å². The van der Waals surface area contributed by atoms with Crippen molar-refractivity contribution in [3.05, 3.63) is 72.1 Å². The van der Waals surface area contributed by atoms with Gasteiger partial charge in [0.25, 0.3) is 0 Å². The number of aryl methyl sites for hydroxylation is 1. The van der Waals surface area contributed by atoms with Gasteiger partial charge in [0.2, 0.25) is 5.91 Å². The maximum absolute atomic E-state index is 12.7. The summed E-state index contributed by atoms with van der Waals surface area (Å²) in [7, 11) is 3.68. The van der Waals surface area contributed by atoms with E-state index in [4.69, 9.17) is 4.74 Å². The van der Waals surface area contributed by atoms with Crippen molar-refractivity contribution in [2.24, 2.45) is 0 Å². The molecule has 33 heavy (non-hydrogen) atoms. The van der Waals surface area contributed by atoms with Crippen molar-refractivity contribution >= 4 is 28.9 Å². The molecular weight excluding hydrogens is 414 g/mol. The Bertz CT molecular complexity index is 1090. The monoisotopic (exact) mass is 445 g/mol. The van der Waals surface area contributed by atoms with Gasteiger partial charge in [-0.05, 0) is 55.2 Å². The van der Waals surface area contributed by atoms with E-state index in [9.17, 15) is 4.79 Å². The topological polar surface area (TPSA) is 70.6 Å². The molecule has 1 fully saturated rings. The minimum Gasteiger partial charge on any atom is -0.383 e. The van der Waals surface area contributed by atoms with Crippen LogP contribution >= 0.6 is 0 Å². The molecule has 1 aliphatic heterocycles. The second-order valence-corrected chi connectivity index (χ2v) is 8.50. The highest BCUT2D eigenvalue weighted by Gasteiger charge is 2.28. The predicted molar refractivity (Wildman–Crippen MR) is 131 cm³/mol. The normalized spacial score (nSPS) is 15.5. The van der Waals surface area contributed by atoms with Crippen molar-refractivity contribution in [3.63, 3.8) is 0 Å². The van der Waals surface area contributed by atoms with Crippen molar-refractivity contribution in [3.8, 4) is 0 Å². The number of anilines is 4. The van der Waals surface area contributed by atoms with E-state index in [1.807, 2.05) is 53.2 Å². The molecule has 0 spiro atoms. The van der Waals surface area contributed by atoms with Gasteiger partial charge in [-0.3, -0.25) is 4.79 Å². The summed E-state index contributed by atoms with van der Waals surface area (Å²) in [5, 5.41) is 3.33. The molecule has 4 rings (SSSR count). The number of rotatable bonds is 8. The molecule has 7 heteroatoms. The Morgan fingerprint density at radius 3 is 2.76 bits per heavy atom. The Kier molecular flexibility index (Phi) is 7.19. The van der Waals surface area contributed by atoms with Crippen LogP contribution in [0, 0.1) is 6.92 Å². The summed E-state index contributed by atoms with van der Waals surface area (Å²) in [4.78, 5) is 25.5. The van der Waals surface area contributed by atoms with Crippen molar-refractivity contribution < 1.29 is 9.53 Å². The zero-order chi connectivity index (χ0) is 23.2. The summed E-state index contributed by atoms with van der Waals surface area (Å²) in [5.74, 6) is 1.68. The smallest absolute Gasteiger partial charge is 0.227 e. The molecular formula is C26H31N5O2. The molecule has 1 amide bonds. The second-order valence-electron chi connectivity index (χ2n) is 8.50. The van der Waals surface area contributed by atoms with Crippen LogP contribution < -0.4 is 10.2 Å². The standard InChI is InChI=1S/C26H31N5O2/c1-19-6-4-7-22(14-19)30(2)25-16-24(27-18-28-25)29-21-11-9-20(10-12-21)15-26(32)31-13-5-8-23(31)17-33-3/h4,6-7,9-12,14,16,18,23H,5,8,13,15,17H2,1-3H3,(H,27,28,29)/t23-/m0/s1. The molecule has 1 saturated heterocycles. The van der Waals surface area contributed by atoms with Gasteiger partial charge < -0.3 is 19.9 Å². The maximum atomic E-state index is 12.7. The number of amides is 1. The molecule has 0 saturated carbocycles. The number of benzene rings is 2. The Morgan fingerprint density at radius 2 is 2.00 bits per heavy atom. The first-order chi connectivity index (χ1) is 16.0. The van der Waals surface area contributed by atoms with E-state index in [1.165, 1.54) is 5.56 Å². The number of nitrogens with zero attached hydrogens (tertiary/aromatic N) is 4. The number of nitrogens with one attached hydrogen (secondary N) is 1. The summed E-state index contributed by atoms with van der Waals surface area (Å²) in [6.45, 7) is 3.50. The first-order valence-corrected chi connectivity index (χ1v) is 11.3. The second kappa shape index (κ2) is 10.4. The first kappa shape index (κ1) is 22.7. The lowest BCUT2D eigenvalue weighted by Crippen LogP contribution is -2.38. The van der Waals surface area contributed by atoms with Crippen LogP contribution in [0.25, 0.3) is 0 Å². The van der Waals surface area contributed by atoms with E-state index >= 15 is 0 Å². The summed E-state index contributed by atoms with van der Waals surface area (Å²) < 4.78 is 5.27. The fourth-order valence-electron chi connectivity index (χ4n) is 4.23. The third kappa shape index (κ3) is 5.68. The number of methoxy groups -OCH3 is 1. The van der Waals surface area contributed by atoms with Crippen LogP contribution in [0.5, 0.6) is 0 Å². The van der Waals surface area contributed by atoms with Gasteiger partial charge in [-0.15, -0.1) is 0 Å². The predicted octanol–water partition coefficient (Wildman–Crippen LogP) is 4.48. The average Bonchev–Trinajstić information content (AvgIpc) is 3.29. The Morgan fingerprint density at radius 1 is 1.18 bits per heavy atom. The first-order valence-electron chi connectivity index (χ1n) is 11.3. The molecule has 0 unspecified atom stereocenters. The van der Waals surface area contributed by atoms with Crippen LogP contribution in [0.4, 0.5) is 23.0 Å². The number of hydrogen-bond acceptors (Lipinski definition) is 6. The van der Waals surface area contributed by atoms with Crippen LogP contribution in [-0.2, 0) is 16.0 Å². The SMILES string of the molecule is COC[C@@H]1CCCN1C(=O)Cc1ccc(Nc2cc(N(C)c3cccc(C)c3)ncn2)cc1. The zero-order valence-corrected chi connectivity index (χ0v) is 19.5. The van der Waals surface area contributed by atoms with Crippen molar-refractivity contribution in [2.75, 3.05) is 37.5 Å². The molecule has 1 aromatic heterocycles. The largest absolute Gasteiger partial charge is 0.383 e. The molecule has 2 heterocycles. The van der Waals surface area contributed by atoms with E-state index in [1.54, 1.807) is 13.4 Å². The average molecular weight is 446 g/mol. The molecule has 2 aromatic carbocycles. The maximum Gasteiger partial charge on any atom is 0.227 e. The molecule has 0 radical (unpaired) electrons. The Balaban J connectivity index is 1.39. The Labute approximate surface area is 195 Å². The van der Waals surface area contributed by atoms with Gasteiger partial charge in [-0.2, -0.15) is 0 Å². The van der Waals surface area contributed by atoms with Crippen LogP contribution in [0.15, 0.2) is 60.9 Å². The van der Waals surface area contributed by atoms with E-state index in [-0.39, 0.29) is 11.9 Å². The summed E-state index contributed by atoms with van der Waals surface area (Å²) in [5.41, 5.74) is 4.17. The lowest BCUT2D eigenvalue weighted by atomic mass is 10.1. The van der Waals surface area contributed by atoms with Crippen LogP contribution in [-0.4, -0.2) is 54.1 Å². The zero-order valence-electron chi connectivity index (χ0n) is 19.5. The van der Waals surface area contributed by atoms with E-state index in [2.05, 4.69) is 40.4 Å². The number of carbonyl (C=O) groups is 1. The van der Waals surface area contributed by atoms with E-state index in [0.717, 1.165) is 42.1 Å². The molecule has 3 aromatic rings. The molecule has 1 N–H and O–H groups in total. The van der Waals surface area contributed by atoms with Gasteiger partial charge in [-0.25, -0.2) is 9.97 Å². The Hall–Kier alpha value is -3.45. The van der Waals surface area contributed by atoms with E-state index in [0.29, 0.717) is 18.8 Å².